The Morgan fingerprint density at radius 2 is 1.80 bits per heavy atom. The minimum atomic E-state index is -3.47. The summed E-state index contributed by atoms with van der Waals surface area (Å²) in [7, 11) is -3.47. The van der Waals surface area contributed by atoms with Crippen LogP contribution in [0.2, 0.25) is 0 Å². The first-order valence-electron chi connectivity index (χ1n) is 5.96. The molecule has 0 bridgehead atoms. The van der Waals surface area contributed by atoms with E-state index >= 15 is 0 Å². The van der Waals surface area contributed by atoms with Gasteiger partial charge >= 0.3 is 0 Å². The third kappa shape index (κ3) is 4.31. The maximum absolute atomic E-state index is 12.9. The highest BCUT2D eigenvalue weighted by molar-refractivity contribution is 9.10. The monoisotopic (exact) mass is 357 g/mol. The molecule has 1 N–H and O–H groups in total. The maximum atomic E-state index is 12.9. The number of hydrogen-bond acceptors (Lipinski definition) is 2. The molecule has 2 rings (SSSR count). The summed E-state index contributed by atoms with van der Waals surface area (Å²) in [5.41, 5.74) is 1.29. The predicted octanol–water partition coefficient (Wildman–Crippen LogP) is 3.57. The Morgan fingerprint density at radius 3 is 2.45 bits per heavy atom. The third-order valence-electron chi connectivity index (χ3n) is 2.70. The molecule has 2 aromatic carbocycles. The molecule has 0 unspecified atom stereocenters. The summed E-state index contributed by atoms with van der Waals surface area (Å²) >= 11 is 3.13. The lowest BCUT2D eigenvalue weighted by Gasteiger charge is -2.09. The van der Waals surface area contributed by atoms with Crippen molar-refractivity contribution in [3.05, 3.63) is 64.4 Å². The van der Waals surface area contributed by atoms with Gasteiger partial charge in [0.05, 0.1) is 11.4 Å². The summed E-state index contributed by atoms with van der Waals surface area (Å²) < 4.78 is 39.7. The molecule has 0 aliphatic heterocycles. The number of benzene rings is 2. The predicted molar refractivity (Wildman–Crippen MR) is 81.7 cm³/mol. The summed E-state index contributed by atoms with van der Waals surface area (Å²) in [4.78, 5) is 0. The Labute approximate surface area is 126 Å². The number of rotatable bonds is 5. The Hall–Kier alpha value is -1.40. The van der Waals surface area contributed by atoms with Gasteiger partial charge in [0.15, 0.2) is 0 Å². The van der Waals surface area contributed by atoms with Crippen molar-refractivity contribution in [1.29, 1.82) is 0 Å². The van der Waals surface area contributed by atoms with Crippen LogP contribution in [0.25, 0.3) is 0 Å². The van der Waals surface area contributed by atoms with Crippen molar-refractivity contribution in [3.8, 4) is 0 Å². The van der Waals surface area contributed by atoms with Crippen LogP contribution in [-0.4, -0.2) is 14.2 Å². The van der Waals surface area contributed by atoms with Gasteiger partial charge in [-0.1, -0.05) is 30.3 Å². The van der Waals surface area contributed by atoms with Crippen molar-refractivity contribution in [3.63, 3.8) is 0 Å². The first-order chi connectivity index (χ1) is 9.46. The SMILES string of the molecule is O=S(=O)(CCc1ccccc1)Nc1ccc(F)cc1Br. The van der Waals surface area contributed by atoms with Gasteiger partial charge in [0.25, 0.3) is 0 Å². The van der Waals surface area contributed by atoms with E-state index in [4.69, 9.17) is 0 Å². The van der Waals surface area contributed by atoms with E-state index in [9.17, 15) is 12.8 Å². The first kappa shape index (κ1) is 15.0. The lowest BCUT2D eigenvalue weighted by atomic mass is 10.2. The second-order valence-electron chi connectivity index (χ2n) is 4.28. The normalized spacial score (nSPS) is 11.3. The molecule has 0 radical (unpaired) electrons. The van der Waals surface area contributed by atoms with Crippen molar-refractivity contribution in [1.82, 2.24) is 0 Å². The number of hydrogen-bond donors (Lipinski definition) is 1. The largest absolute Gasteiger partial charge is 0.282 e. The number of nitrogens with one attached hydrogen (secondary N) is 1. The van der Waals surface area contributed by atoms with Crippen LogP contribution in [0.1, 0.15) is 5.56 Å². The molecule has 0 amide bonds. The van der Waals surface area contributed by atoms with E-state index in [0.717, 1.165) is 5.56 Å². The van der Waals surface area contributed by atoms with Gasteiger partial charge in [0.1, 0.15) is 5.82 Å². The van der Waals surface area contributed by atoms with Crippen LogP contribution in [0.5, 0.6) is 0 Å². The fourth-order valence-corrected chi connectivity index (χ4v) is 3.39. The van der Waals surface area contributed by atoms with Gasteiger partial charge in [0.2, 0.25) is 10.0 Å². The topological polar surface area (TPSA) is 46.2 Å². The van der Waals surface area contributed by atoms with E-state index in [1.807, 2.05) is 30.3 Å². The Kier molecular flexibility index (Phi) is 4.77. The first-order valence-corrected chi connectivity index (χ1v) is 8.40. The molecule has 0 atom stereocenters. The summed E-state index contributed by atoms with van der Waals surface area (Å²) in [6, 6.07) is 13.2. The van der Waals surface area contributed by atoms with Crippen LogP contribution < -0.4 is 4.72 Å². The van der Waals surface area contributed by atoms with E-state index in [1.165, 1.54) is 18.2 Å². The molecule has 0 aromatic heterocycles. The average molecular weight is 358 g/mol. The van der Waals surface area contributed by atoms with Gasteiger partial charge in [-0.3, -0.25) is 4.72 Å². The molecule has 6 heteroatoms. The van der Waals surface area contributed by atoms with E-state index in [1.54, 1.807) is 0 Å². The van der Waals surface area contributed by atoms with Gasteiger partial charge in [-0.2, -0.15) is 0 Å². The van der Waals surface area contributed by atoms with Crippen molar-refractivity contribution in [2.24, 2.45) is 0 Å². The molecule has 2 aromatic rings. The van der Waals surface area contributed by atoms with E-state index in [0.29, 0.717) is 16.6 Å². The Balaban J connectivity index is 2.04. The van der Waals surface area contributed by atoms with Gasteiger partial charge in [-0.05, 0) is 46.1 Å². The van der Waals surface area contributed by atoms with Crippen molar-refractivity contribution in [2.45, 2.75) is 6.42 Å². The number of halogens is 2. The molecular weight excluding hydrogens is 345 g/mol. The Morgan fingerprint density at radius 1 is 1.10 bits per heavy atom. The van der Waals surface area contributed by atoms with Crippen LogP contribution in [-0.2, 0) is 16.4 Å². The molecule has 3 nitrogen and oxygen atoms in total. The van der Waals surface area contributed by atoms with Crippen molar-refractivity contribution >= 4 is 31.6 Å². The third-order valence-corrected chi connectivity index (χ3v) is 4.63. The lowest BCUT2D eigenvalue weighted by Crippen LogP contribution is -2.18. The van der Waals surface area contributed by atoms with Crippen LogP contribution >= 0.6 is 15.9 Å². The second-order valence-corrected chi connectivity index (χ2v) is 6.98. The molecule has 0 aliphatic rings. The fraction of sp³-hybridized carbons (Fsp3) is 0.143. The zero-order valence-corrected chi connectivity index (χ0v) is 12.9. The van der Waals surface area contributed by atoms with Gasteiger partial charge in [0, 0.05) is 4.47 Å². The number of aryl methyl sites for hydroxylation is 1. The highest BCUT2D eigenvalue weighted by Crippen LogP contribution is 2.24. The summed E-state index contributed by atoms with van der Waals surface area (Å²) in [5.74, 6) is -0.454. The standard InChI is InChI=1S/C14H13BrFNO2S/c15-13-10-12(16)6-7-14(13)17-20(18,19)9-8-11-4-2-1-3-5-11/h1-7,10,17H,8-9H2. The highest BCUT2D eigenvalue weighted by Gasteiger charge is 2.12. The van der Waals surface area contributed by atoms with Crippen molar-refractivity contribution < 1.29 is 12.8 Å². The fourth-order valence-electron chi connectivity index (χ4n) is 1.69. The number of anilines is 1. The van der Waals surface area contributed by atoms with Crippen LogP contribution in [0.3, 0.4) is 0 Å². The molecule has 0 saturated heterocycles. The van der Waals surface area contributed by atoms with Gasteiger partial charge < -0.3 is 0 Å². The molecule has 20 heavy (non-hydrogen) atoms. The smallest absolute Gasteiger partial charge is 0.233 e. The molecule has 0 heterocycles. The molecule has 0 spiro atoms. The summed E-state index contributed by atoms with van der Waals surface area (Å²) in [6.45, 7) is 0. The van der Waals surface area contributed by atoms with Crippen LogP contribution in [0.15, 0.2) is 53.0 Å². The van der Waals surface area contributed by atoms with Crippen LogP contribution in [0, 0.1) is 5.82 Å². The minimum Gasteiger partial charge on any atom is -0.282 e. The van der Waals surface area contributed by atoms with E-state index in [-0.39, 0.29) is 5.75 Å². The average Bonchev–Trinajstić information content (AvgIpc) is 2.41. The second kappa shape index (κ2) is 6.37. The quantitative estimate of drug-likeness (QED) is 0.888. The lowest BCUT2D eigenvalue weighted by molar-refractivity contribution is 0.600. The molecule has 0 saturated carbocycles. The maximum Gasteiger partial charge on any atom is 0.233 e. The molecule has 0 aliphatic carbocycles. The minimum absolute atomic E-state index is 0.0270. The van der Waals surface area contributed by atoms with Gasteiger partial charge in [-0.25, -0.2) is 12.8 Å². The summed E-state index contributed by atoms with van der Waals surface area (Å²) in [6.07, 6.45) is 0.426. The molecule has 0 fully saturated rings. The summed E-state index contributed by atoms with van der Waals surface area (Å²) in [5, 5.41) is 0. The van der Waals surface area contributed by atoms with E-state index in [2.05, 4.69) is 20.7 Å². The van der Waals surface area contributed by atoms with Crippen molar-refractivity contribution in [2.75, 3.05) is 10.5 Å². The molecule has 106 valence electrons. The highest BCUT2D eigenvalue weighted by atomic mass is 79.9. The van der Waals surface area contributed by atoms with Gasteiger partial charge in [-0.15, -0.1) is 0 Å². The Bertz CT molecular complexity index is 690. The number of sulfonamides is 1. The molecular formula is C14H13BrFNO2S. The zero-order valence-electron chi connectivity index (χ0n) is 10.5. The van der Waals surface area contributed by atoms with Crippen LogP contribution in [0.4, 0.5) is 10.1 Å². The van der Waals surface area contributed by atoms with E-state index < -0.39 is 15.8 Å². The zero-order chi connectivity index (χ0) is 14.6.